The Hall–Kier alpha value is -2.98. The highest BCUT2D eigenvalue weighted by Crippen LogP contribution is 2.34. The normalized spacial score (nSPS) is 16.8. The first-order valence-corrected chi connectivity index (χ1v) is 10.6. The van der Waals surface area contributed by atoms with Gasteiger partial charge in [0.1, 0.15) is 0 Å². The molecule has 4 aromatic rings. The number of aromatic nitrogens is 4. The summed E-state index contributed by atoms with van der Waals surface area (Å²) in [5.41, 5.74) is 1.89. The van der Waals surface area contributed by atoms with Gasteiger partial charge in [0.15, 0.2) is 5.13 Å². The van der Waals surface area contributed by atoms with Crippen molar-refractivity contribution >= 4 is 32.4 Å². The van der Waals surface area contributed by atoms with Crippen molar-refractivity contribution in [3.05, 3.63) is 54.6 Å². The first-order valence-electron chi connectivity index (χ1n) is 9.78. The van der Waals surface area contributed by atoms with Crippen LogP contribution in [0.1, 0.15) is 18.4 Å². The Bertz CT molecular complexity index is 1210. The third-order valence-corrected chi connectivity index (χ3v) is 6.02. The summed E-state index contributed by atoms with van der Waals surface area (Å²) in [6, 6.07) is 6.49. The lowest BCUT2D eigenvalue weighted by Gasteiger charge is -2.08. The molecule has 1 aromatic carbocycles. The molecular weight excluding hydrogens is 427 g/mol. The summed E-state index contributed by atoms with van der Waals surface area (Å²) in [7, 11) is 0. The number of nitrogens with one attached hydrogen (secondary N) is 1. The Morgan fingerprint density at radius 2 is 2.06 bits per heavy atom. The second-order valence-corrected chi connectivity index (χ2v) is 8.40. The van der Waals surface area contributed by atoms with Crippen LogP contribution in [0.15, 0.2) is 49.1 Å². The second kappa shape index (κ2) is 7.93. The molecule has 0 bridgehead atoms. The lowest BCUT2D eigenvalue weighted by Crippen LogP contribution is -2.15. The number of pyridine rings is 1. The molecule has 10 heteroatoms. The maximum absolute atomic E-state index is 13.0. The second-order valence-electron chi connectivity index (χ2n) is 7.37. The van der Waals surface area contributed by atoms with E-state index in [4.69, 9.17) is 4.74 Å². The zero-order valence-electron chi connectivity index (χ0n) is 16.3. The Morgan fingerprint density at radius 1 is 1.16 bits per heavy atom. The minimum atomic E-state index is -4.43. The maximum atomic E-state index is 13.0. The molecule has 0 aliphatic carbocycles. The highest BCUT2D eigenvalue weighted by atomic mass is 32.1. The molecule has 0 spiro atoms. The summed E-state index contributed by atoms with van der Waals surface area (Å²) < 4.78 is 47.3. The fraction of sp³-hybridized carbons (Fsp3) is 0.286. The molecule has 160 valence electrons. The van der Waals surface area contributed by atoms with Gasteiger partial charge in [-0.05, 0) is 36.6 Å². The van der Waals surface area contributed by atoms with Crippen molar-refractivity contribution in [1.82, 2.24) is 19.7 Å². The number of alkyl halides is 3. The predicted molar refractivity (Wildman–Crippen MR) is 112 cm³/mol. The SMILES string of the molecule is FC(F)(F)c1cncc(-c2ccc3nc(Nc4cnn(CC5CCCO5)c4)sc3c2)c1. The molecule has 0 radical (unpaired) electrons. The van der Waals surface area contributed by atoms with Gasteiger partial charge < -0.3 is 10.1 Å². The van der Waals surface area contributed by atoms with Gasteiger partial charge in [-0.15, -0.1) is 0 Å². The van der Waals surface area contributed by atoms with E-state index in [0.29, 0.717) is 16.3 Å². The third-order valence-electron chi connectivity index (χ3n) is 5.09. The third kappa shape index (κ3) is 4.40. The molecule has 5 rings (SSSR count). The standard InChI is InChI=1S/C21H18F3N5OS/c22-21(23,24)15-6-14(8-25-9-15)13-3-4-18-19(7-13)31-20(28-18)27-16-10-26-29(11-16)12-17-2-1-5-30-17/h3-4,6-11,17H,1-2,5,12H2,(H,27,28). The molecule has 1 saturated heterocycles. The van der Waals surface area contributed by atoms with Gasteiger partial charge in [-0.2, -0.15) is 18.3 Å². The number of rotatable bonds is 5. The minimum absolute atomic E-state index is 0.207. The van der Waals surface area contributed by atoms with Crippen molar-refractivity contribution in [2.75, 3.05) is 11.9 Å². The summed E-state index contributed by atoms with van der Waals surface area (Å²) in [6.07, 6.45) is 3.82. The molecule has 1 unspecified atom stereocenters. The molecule has 6 nitrogen and oxygen atoms in total. The van der Waals surface area contributed by atoms with E-state index >= 15 is 0 Å². The Labute approximate surface area is 179 Å². The van der Waals surface area contributed by atoms with Crippen molar-refractivity contribution in [2.45, 2.75) is 31.7 Å². The number of ether oxygens (including phenoxy) is 1. The van der Waals surface area contributed by atoms with E-state index in [2.05, 4.69) is 20.4 Å². The number of benzene rings is 1. The molecule has 3 aromatic heterocycles. The first-order chi connectivity index (χ1) is 14.9. The fourth-order valence-electron chi connectivity index (χ4n) is 3.56. The molecule has 1 aliphatic heterocycles. The predicted octanol–water partition coefficient (Wildman–Crippen LogP) is 5.50. The van der Waals surface area contributed by atoms with Gasteiger partial charge in [-0.1, -0.05) is 17.4 Å². The molecule has 0 amide bonds. The van der Waals surface area contributed by atoms with Crippen LogP contribution < -0.4 is 5.32 Å². The highest BCUT2D eigenvalue weighted by molar-refractivity contribution is 7.22. The van der Waals surface area contributed by atoms with E-state index in [9.17, 15) is 13.2 Å². The monoisotopic (exact) mass is 445 g/mol. The van der Waals surface area contributed by atoms with Gasteiger partial charge in [-0.25, -0.2) is 4.98 Å². The van der Waals surface area contributed by atoms with Crippen LogP contribution in [0.3, 0.4) is 0 Å². The van der Waals surface area contributed by atoms with Crippen molar-refractivity contribution in [3.63, 3.8) is 0 Å². The number of hydrogen-bond donors (Lipinski definition) is 1. The number of halogens is 3. The molecule has 1 atom stereocenters. The van der Waals surface area contributed by atoms with Crippen LogP contribution in [0, 0.1) is 0 Å². The maximum Gasteiger partial charge on any atom is 0.417 e. The van der Waals surface area contributed by atoms with Crippen LogP contribution in [-0.2, 0) is 17.5 Å². The van der Waals surface area contributed by atoms with E-state index in [1.807, 2.05) is 16.9 Å². The van der Waals surface area contributed by atoms with E-state index < -0.39 is 11.7 Å². The summed E-state index contributed by atoms with van der Waals surface area (Å²) in [4.78, 5) is 8.31. The number of fused-ring (bicyclic) bond motifs is 1. The summed E-state index contributed by atoms with van der Waals surface area (Å²) in [5, 5.41) is 8.30. The molecule has 1 fully saturated rings. The summed E-state index contributed by atoms with van der Waals surface area (Å²) in [6.45, 7) is 1.53. The van der Waals surface area contributed by atoms with E-state index in [0.717, 1.165) is 54.2 Å². The van der Waals surface area contributed by atoms with Gasteiger partial charge >= 0.3 is 6.18 Å². The van der Waals surface area contributed by atoms with Crippen molar-refractivity contribution < 1.29 is 17.9 Å². The smallest absolute Gasteiger partial charge is 0.376 e. The van der Waals surface area contributed by atoms with Crippen LogP contribution >= 0.6 is 11.3 Å². The van der Waals surface area contributed by atoms with Gasteiger partial charge in [0, 0.05) is 30.8 Å². The Morgan fingerprint density at radius 3 is 2.87 bits per heavy atom. The van der Waals surface area contributed by atoms with E-state index in [-0.39, 0.29) is 6.10 Å². The van der Waals surface area contributed by atoms with Crippen LogP contribution in [-0.4, -0.2) is 32.5 Å². The largest absolute Gasteiger partial charge is 0.417 e. The molecule has 1 aliphatic rings. The van der Waals surface area contributed by atoms with Crippen LogP contribution in [0.5, 0.6) is 0 Å². The van der Waals surface area contributed by atoms with Crippen LogP contribution in [0.2, 0.25) is 0 Å². The molecule has 4 heterocycles. The Balaban J connectivity index is 1.35. The van der Waals surface area contributed by atoms with Gasteiger partial charge in [0.2, 0.25) is 0 Å². The van der Waals surface area contributed by atoms with E-state index in [1.54, 1.807) is 18.3 Å². The van der Waals surface area contributed by atoms with Crippen molar-refractivity contribution in [2.24, 2.45) is 0 Å². The number of nitrogens with zero attached hydrogens (tertiary/aromatic N) is 4. The van der Waals surface area contributed by atoms with Crippen molar-refractivity contribution in [1.29, 1.82) is 0 Å². The first kappa shape index (κ1) is 20.0. The lowest BCUT2D eigenvalue weighted by molar-refractivity contribution is -0.137. The minimum Gasteiger partial charge on any atom is -0.376 e. The van der Waals surface area contributed by atoms with Crippen LogP contribution in [0.25, 0.3) is 21.3 Å². The quantitative estimate of drug-likeness (QED) is 0.440. The van der Waals surface area contributed by atoms with Gasteiger partial charge in [0.05, 0.1) is 40.3 Å². The average molecular weight is 445 g/mol. The highest BCUT2D eigenvalue weighted by Gasteiger charge is 2.31. The number of hydrogen-bond acceptors (Lipinski definition) is 6. The Kier molecular flexibility index (Phi) is 5.11. The van der Waals surface area contributed by atoms with Crippen molar-refractivity contribution in [3.8, 4) is 11.1 Å². The molecule has 31 heavy (non-hydrogen) atoms. The summed E-state index contributed by atoms with van der Waals surface area (Å²) >= 11 is 1.43. The molecule has 0 saturated carbocycles. The zero-order valence-corrected chi connectivity index (χ0v) is 17.1. The topological polar surface area (TPSA) is 64.9 Å². The molecule has 1 N–H and O–H groups in total. The number of anilines is 2. The average Bonchev–Trinajstić information content (AvgIpc) is 3.49. The molecular formula is C21H18F3N5OS. The summed E-state index contributed by atoms with van der Waals surface area (Å²) in [5.74, 6) is 0. The van der Waals surface area contributed by atoms with Gasteiger partial charge in [0.25, 0.3) is 0 Å². The fourth-order valence-corrected chi connectivity index (χ4v) is 4.48. The van der Waals surface area contributed by atoms with Crippen LogP contribution in [0.4, 0.5) is 24.0 Å². The number of thiazole rings is 1. The lowest BCUT2D eigenvalue weighted by atomic mass is 10.1. The zero-order chi connectivity index (χ0) is 21.4. The van der Waals surface area contributed by atoms with Gasteiger partial charge in [-0.3, -0.25) is 9.67 Å². The van der Waals surface area contributed by atoms with E-state index in [1.165, 1.54) is 17.5 Å².